The summed E-state index contributed by atoms with van der Waals surface area (Å²) >= 11 is 1.53. The maximum absolute atomic E-state index is 12.3. The summed E-state index contributed by atoms with van der Waals surface area (Å²) in [5.74, 6) is -2.71. The normalized spacial score (nSPS) is 10.3. The van der Waals surface area contributed by atoms with Gasteiger partial charge in [0.15, 0.2) is 0 Å². The minimum absolute atomic E-state index is 0.368. The Morgan fingerprint density at radius 1 is 0.943 bits per heavy atom. The van der Waals surface area contributed by atoms with Crippen LogP contribution in [0.3, 0.4) is 0 Å². The maximum atomic E-state index is 12.3. The van der Waals surface area contributed by atoms with Crippen molar-refractivity contribution in [2.24, 2.45) is 0 Å². The van der Waals surface area contributed by atoms with Crippen molar-refractivity contribution in [3.05, 3.63) is 81.0 Å². The van der Waals surface area contributed by atoms with Gasteiger partial charge < -0.3 is 13.6 Å². The Labute approximate surface area is 204 Å². The molecule has 0 fully saturated rings. The molecule has 4 heterocycles. The molecule has 12 heteroatoms. The van der Waals surface area contributed by atoms with Crippen molar-refractivity contribution in [1.29, 1.82) is 0 Å². The van der Waals surface area contributed by atoms with E-state index in [1.54, 1.807) is 13.8 Å². The number of hydrogen-bond donors (Lipinski definition) is 0. The van der Waals surface area contributed by atoms with Crippen LogP contribution >= 0.6 is 11.3 Å². The van der Waals surface area contributed by atoms with E-state index < -0.39 is 12.3 Å². The number of rotatable bonds is 3. The van der Waals surface area contributed by atoms with Gasteiger partial charge >= 0.3 is 5.92 Å². The molecule has 4 rings (SSSR count). The van der Waals surface area contributed by atoms with E-state index in [1.165, 1.54) is 28.3 Å². The van der Waals surface area contributed by atoms with Gasteiger partial charge in [0.05, 0.1) is 23.7 Å². The maximum Gasteiger partial charge on any atom is 0.304 e. The molecule has 0 saturated carbocycles. The minimum atomic E-state index is -2.92. The highest BCUT2D eigenvalue weighted by Crippen LogP contribution is 2.26. The van der Waals surface area contributed by atoms with Gasteiger partial charge in [-0.2, -0.15) is 20.1 Å². The average molecular weight is 515 g/mol. The molecule has 0 amide bonds. The number of alkyl halides is 4. The molecule has 0 atom stereocenters. The van der Waals surface area contributed by atoms with Gasteiger partial charge in [-0.25, -0.2) is 13.6 Å². The van der Waals surface area contributed by atoms with Gasteiger partial charge in [0, 0.05) is 31.5 Å². The topological polar surface area (TPSA) is 82.5 Å². The van der Waals surface area contributed by atoms with Crippen molar-refractivity contribution in [3.8, 4) is 0 Å². The summed E-state index contributed by atoms with van der Waals surface area (Å²) in [6, 6.07) is 8.18. The van der Waals surface area contributed by atoms with E-state index >= 15 is 0 Å². The Hall–Kier alpha value is -3.46. The molecule has 0 aromatic carbocycles. The molecule has 0 aliphatic carbocycles. The molecule has 4 aromatic heterocycles. The molecule has 35 heavy (non-hydrogen) atoms. The zero-order valence-electron chi connectivity index (χ0n) is 20.1. The molecular formula is C23H26F4N4O3S. The SMILES string of the molecule is CCc1cc(C)no1.Cc1cc(C(C)(F)F)on1.Cc1cc(C(F)F)on1.[C-]#[N+]c1ccc(C)s1. The number of thiophene rings is 1. The van der Waals surface area contributed by atoms with Gasteiger partial charge in [0.25, 0.3) is 6.43 Å². The van der Waals surface area contributed by atoms with E-state index in [0.717, 1.165) is 29.8 Å². The fraction of sp³-hybridized carbons (Fsp3) is 0.391. The van der Waals surface area contributed by atoms with Crippen LogP contribution in [0.25, 0.3) is 4.85 Å². The van der Waals surface area contributed by atoms with Crippen LogP contribution in [0, 0.1) is 34.3 Å². The first-order chi connectivity index (χ1) is 16.3. The van der Waals surface area contributed by atoms with E-state index in [0.29, 0.717) is 11.4 Å². The Morgan fingerprint density at radius 3 is 1.74 bits per heavy atom. The average Bonchev–Trinajstić information content (AvgIpc) is 3.57. The highest BCUT2D eigenvalue weighted by atomic mass is 32.1. The summed E-state index contributed by atoms with van der Waals surface area (Å²) in [5.41, 5.74) is 1.91. The lowest BCUT2D eigenvalue weighted by Gasteiger charge is -2.02. The number of hydrogen-bond acceptors (Lipinski definition) is 7. The third-order valence-electron chi connectivity index (χ3n) is 3.78. The molecule has 0 unspecified atom stereocenters. The fourth-order valence-corrected chi connectivity index (χ4v) is 2.77. The third kappa shape index (κ3) is 11.5. The monoisotopic (exact) mass is 514 g/mol. The first-order valence-corrected chi connectivity index (χ1v) is 11.1. The summed E-state index contributed by atoms with van der Waals surface area (Å²) in [7, 11) is 0. The predicted octanol–water partition coefficient (Wildman–Crippen LogP) is 8.17. The van der Waals surface area contributed by atoms with Crippen molar-refractivity contribution in [2.45, 2.75) is 60.3 Å². The van der Waals surface area contributed by atoms with Crippen LogP contribution in [0.1, 0.15) is 59.5 Å². The van der Waals surface area contributed by atoms with E-state index in [2.05, 4.69) is 29.4 Å². The van der Waals surface area contributed by atoms with Crippen molar-refractivity contribution in [3.63, 3.8) is 0 Å². The van der Waals surface area contributed by atoms with E-state index in [1.807, 2.05) is 39.0 Å². The van der Waals surface area contributed by atoms with Crippen LogP contribution in [0.15, 0.2) is 43.9 Å². The molecule has 0 N–H and O–H groups in total. The number of aromatic nitrogens is 3. The van der Waals surface area contributed by atoms with Crippen LogP contribution in [-0.2, 0) is 12.3 Å². The highest BCUT2D eigenvalue weighted by molar-refractivity contribution is 7.16. The third-order valence-corrected chi connectivity index (χ3v) is 4.68. The largest absolute Gasteiger partial charge is 0.361 e. The molecule has 7 nitrogen and oxygen atoms in total. The molecule has 0 spiro atoms. The van der Waals surface area contributed by atoms with Crippen LogP contribution in [-0.4, -0.2) is 15.5 Å². The molecular weight excluding hydrogens is 488 g/mol. The van der Waals surface area contributed by atoms with Gasteiger partial charge in [0.2, 0.25) is 16.5 Å². The zero-order valence-corrected chi connectivity index (χ0v) is 20.9. The van der Waals surface area contributed by atoms with Crippen LogP contribution in [0.5, 0.6) is 0 Å². The lowest BCUT2D eigenvalue weighted by atomic mass is 10.3. The summed E-state index contributed by atoms with van der Waals surface area (Å²) < 4.78 is 61.4. The molecule has 0 aliphatic rings. The molecule has 4 aromatic rings. The van der Waals surface area contributed by atoms with E-state index in [-0.39, 0.29) is 11.5 Å². The molecule has 0 bridgehead atoms. The minimum Gasteiger partial charge on any atom is -0.361 e. The summed E-state index contributed by atoms with van der Waals surface area (Å²) in [4.78, 5) is 4.46. The van der Waals surface area contributed by atoms with Gasteiger partial charge in [0.1, 0.15) is 5.76 Å². The van der Waals surface area contributed by atoms with E-state index in [4.69, 9.17) is 11.1 Å². The number of aryl methyl sites for hydroxylation is 5. The smallest absolute Gasteiger partial charge is 0.304 e. The van der Waals surface area contributed by atoms with Gasteiger partial charge in [-0.15, -0.1) is 0 Å². The second-order valence-electron chi connectivity index (χ2n) is 7.18. The van der Waals surface area contributed by atoms with Crippen molar-refractivity contribution in [1.82, 2.24) is 15.5 Å². The molecule has 0 saturated heterocycles. The second kappa shape index (κ2) is 14.1. The van der Waals surface area contributed by atoms with Crippen LogP contribution < -0.4 is 0 Å². The molecule has 0 aliphatic heterocycles. The Morgan fingerprint density at radius 2 is 1.51 bits per heavy atom. The number of halogens is 4. The lowest BCUT2D eigenvalue weighted by molar-refractivity contribution is -0.0105. The lowest BCUT2D eigenvalue weighted by Crippen LogP contribution is -2.04. The molecule has 0 radical (unpaired) electrons. The Bertz CT molecular complexity index is 1190. The predicted molar refractivity (Wildman–Crippen MR) is 123 cm³/mol. The standard InChI is InChI=1S/C6H7F2NO.C6H9NO.C6H5NS.C5H5F2NO/c1-4-3-5(10-9-4)6(2,7)8;1-3-6-4-5(2)7-8-6;1-5-3-4-6(7-2)8-5;1-3-2-4(5(6)7)9-8-3/h3H,1-2H3;4H,3H2,1-2H3;3-4H,1H3;2,5H,1H3. The quantitative estimate of drug-likeness (QED) is 0.203. The summed E-state index contributed by atoms with van der Waals surface area (Å²) in [6.07, 6.45) is -1.62. The number of nitrogens with zero attached hydrogens (tertiary/aromatic N) is 4. The second-order valence-corrected chi connectivity index (χ2v) is 8.44. The highest BCUT2D eigenvalue weighted by Gasteiger charge is 2.29. The van der Waals surface area contributed by atoms with Gasteiger partial charge in [-0.3, -0.25) is 0 Å². The fourth-order valence-electron chi connectivity index (χ4n) is 2.12. The first kappa shape index (κ1) is 29.6. The van der Waals surface area contributed by atoms with Crippen molar-refractivity contribution >= 4 is 16.3 Å². The van der Waals surface area contributed by atoms with Crippen molar-refractivity contribution < 1.29 is 31.1 Å². The van der Waals surface area contributed by atoms with Crippen LogP contribution in [0.2, 0.25) is 0 Å². The van der Waals surface area contributed by atoms with Crippen LogP contribution in [0.4, 0.5) is 22.6 Å². The zero-order chi connectivity index (χ0) is 26.6. The van der Waals surface area contributed by atoms with Gasteiger partial charge in [-0.05, 0) is 38.6 Å². The van der Waals surface area contributed by atoms with Crippen molar-refractivity contribution in [2.75, 3.05) is 0 Å². The Balaban J connectivity index is 0.000000234. The molecule has 190 valence electrons. The van der Waals surface area contributed by atoms with E-state index in [9.17, 15) is 17.6 Å². The first-order valence-electron chi connectivity index (χ1n) is 10.2. The van der Waals surface area contributed by atoms with Gasteiger partial charge in [-0.1, -0.05) is 28.5 Å². The summed E-state index contributed by atoms with van der Waals surface area (Å²) in [6.45, 7) is 16.5. The Kier molecular flexibility index (Phi) is 11.9. The summed E-state index contributed by atoms with van der Waals surface area (Å²) in [5, 5.41) is 11.1.